The first-order valence-corrected chi connectivity index (χ1v) is 14.2. The van der Waals surface area contributed by atoms with Gasteiger partial charge in [-0.25, -0.2) is 22.8 Å². The van der Waals surface area contributed by atoms with Crippen molar-refractivity contribution in [1.29, 1.82) is 0 Å². The van der Waals surface area contributed by atoms with Gasteiger partial charge in [-0.1, -0.05) is 23.7 Å². The van der Waals surface area contributed by atoms with Crippen LogP contribution in [0.4, 0.5) is 10.3 Å². The van der Waals surface area contributed by atoms with E-state index in [0.717, 1.165) is 18.4 Å². The number of imidazole rings is 2. The standard InChI is InChI=1S/C28H25ClFN5O2S/c1-15(2)38(36,37)23-14-17(13-22-25(23)34-28(31)32-22)24-26(20-5-3-4-6-21(20)30)35(19-11-12-19)27(33-24)16-7-9-18(29)10-8-16/h3-10,13-15,19H,11-12H2,1-2H3,(H3,31,32,34). The van der Waals surface area contributed by atoms with Gasteiger partial charge in [-0.2, -0.15) is 0 Å². The van der Waals surface area contributed by atoms with Crippen LogP contribution >= 0.6 is 11.6 Å². The predicted octanol–water partition coefficient (Wildman–Crippen LogP) is 6.65. The summed E-state index contributed by atoms with van der Waals surface area (Å²) in [6.07, 6.45) is 1.86. The summed E-state index contributed by atoms with van der Waals surface area (Å²) < 4.78 is 44.2. The van der Waals surface area contributed by atoms with Crippen molar-refractivity contribution in [2.24, 2.45) is 0 Å². The second-order valence-corrected chi connectivity index (χ2v) is 12.7. The number of aromatic amines is 1. The van der Waals surface area contributed by atoms with Crippen molar-refractivity contribution in [1.82, 2.24) is 19.5 Å². The number of fused-ring (bicyclic) bond motifs is 1. The highest BCUT2D eigenvalue weighted by molar-refractivity contribution is 7.92. The largest absolute Gasteiger partial charge is 0.369 e. The molecule has 7 nitrogen and oxygen atoms in total. The van der Waals surface area contributed by atoms with E-state index < -0.39 is 15.1 Å². The van der Waals surface area contributed by atoms with Crippen LogP contribution in [0.5, 0.6) is 0 Å². The number of nitrogens with zero attached hydrogens (tertiary/aromatic N) is 3. The SMILES string of the molecule is CC(C)S(=O)(=O)c1cc(-c2nc(-c3ccc(Cl)cc3)n(C3CC3)c2-c2ccccc2F)cc2[nH]c(N)nc12. The minimum absolute atomic E-state index is 0.0569. The van der Waals surface area contributed by atoms with Gasteiger partial charge in [0.25, 0.3) is 0 Å². The van der Waals surface area contributed by atoms with Crippen LogP contribution in [-0.4, -0.2) is 33.2 Å². The fourth-order valence-electron chi connectivity index (χ4n) is 4.75. The molecular weight excluding hydrogens is 525 g/mol. The van der Waals surface area contributed by atoms with Gasteiger partial charge < -0.3 is 15.3 Å². The first kappa shape index (κ1) is 24.6. The van der Waals surface area contributed by atoms with E-state index in [1.54, 1.807) is 56.3 Å². The average molecular weight is 550 g/mol. The quantitative estimate of drug-likeness (QED) is 0.246. The van der Waals surface area contributed by atoms with Crippen LogP contribution in [-0.2, 0) is 9.84 Å². The van der Waals surface area contributed by atoms with E-state index in [0.29, 0.717) is 38.9 Å². The number of benzene rings is 3. The van der Waals surface area contributed by atoms with E-state index >= 15 is 4.39 Å². The lowest BCUT2D eigenvalue weighted by molar-refractivity contribution is 0.588. The van der Waals surface area contributed by atoms with Crippen molar-refractivity contribution >= 4 is 38.4 Å². The molecule has 0 unspecified atom stereocenters. The lowest BCUT2D eigenvalue weighted by atomic mass is 10.0. The Morgan fingerprint density at radius 1 is 1.05 bits per heavy atom. The summed E-state index contributed by atoms with van der Waals surface area (Å²) in [6.45, 7) is 3.24. The molecule has 6 rings (SSSR count). The van der Waals surface area contributed by atoms with Crippen molar-refractivity contribution in [3.05, 3.63) is 71.5 Å². The van der Waals surface area contributed by atoms with Gasteiger partial charge in [0.2, 0.25) is 0 Å². The Kier molecular flexibility index (Phi) is 5.81. The van der Waals surface area contributed by atoms with Crippen LogP contribution in [0.25, 0.3) is 44.9 Å². The monoisotopic (exact) mass is 549 g/mol. The first-order valence-electron chi connectivity index (χ1n) is 12.3. The second kappa shape index (κ2) is 8.96. The molecule has 1 fully saturated rings. The highest BCUT2D eigenvalue weighted by Crippen LogP contribution is 2.47. The molecule has 0 bridgehead atoms. The van der Waals surface area contributed by atoms with E-state index in [2.05, 4.69) is 14.5 Å². The molecule has 5 aromatic rings. The van der Waals surface area contributed by atoms with Crippen LogP contribution in [0.1, 0.15) is 32.7 Å². The lowest BCUT2D eigenvalue weighted by Crippen LogP contribution is -2.14. The molecule has 1 saturated carbocycles. The smallest absolute Gasteiger partial charge is 0.198 e. The number of halogens is 2. The Hall–Kier alpha value is -3.69. The molecule has 194 valence electrons. The van der Waals surface area contributed by atoms with Crippen molar-refractivity contribution < 1.29 is 12.8 Å². The van der Waals surface area contributed by atoms with Crippen LogP contribution in [0.2, 0.25) is 5.02 Å². The van der Waals surface area contributed by atoms with Gasteiger partial charge in [-0.15, -0.1) is 0 Å². The molecule has 2 heterocycles. The number of nitrogens with one attached hydrogen (secondary N) is 1. The number of anilines is 1. The van der Waals surface area contributed by atoms with Crippen molar-refractivity contribution in [3.8, 4) is 33.9 Å². The predicted molar refractivity (Wildman–Crippen MR) is 148 cm³/mol. The van der Waals surface area contributed by atoms with Crippen molar-refractivity contribution in [2.45, 2.75) is 42.9 Å². The molecule has 10 heteroatoms. The van der Waals surface area contributed by atoms with Crippen LogP contribution in [0.15, 0.2) is 65.6 Å². The molecule has 1 aliphatic rings. The van der Waals surface area contributed by atoms with Gasteiger partial charge in [0.05, 0.1) is 27.0 Å². The maximum atomic E-state index is 15.3. The minimum Gasteiger partial charge on any atom is -0.369 e. The van der Waals surface area contributed by atoms with Crippen molar-refractivity contribution in [3.63, 3.8) is 0 Å². The fraction of sp³-hybridized carbons (Fsp3) is 0.214. The molecule has 0 saturated heterocycles. The van der Waals surface area contributed by atoms with Crippen LogP contribution in [0, 0.1) is 5.82 Å². The molecule has 38 heavy (non-hydrogen) atoms. The van der Waals surface area contributed by atoms with E-state index in [-0.39, 0.29) is 28.2 Å². The number of sulfone groups is 1. The molecule has 3 N–H and O–H groups in total. The Morgan fingerprint density at radius 3 is 2.42 bits per heavy atom. The maximum absolute atomic E-state index is 15.3. The molecule has 0 atom stereocenters. The van der Waals surface area contributed by atoms with E-state index in [9.17, 15) is 8.42 Å². The molecule has 0 amide bonds. The molecule has 1 aliphatic carbocycles. The first-order chi connectivity index (χ1) is 18.1. The van der Waals surface area contributed by atoms with Crippen molar-refractivity contribution in [2.75, 3.05) is 5.73 Å². The zero-order chi connectivity index (χ0) is 26.8. The molecule has 3 aromatic carbocycles. The van der Waals surface area contributed by atoms with Gasteiger partial charge in [-0.05, 0) is 75.2 Å². The van der Waals surface area contributed by atoms with Crippen LogP contribution < -0.4 is 5.73 Å². The van der Waals surface area contributed by atoms with E-state index in [4.69, 9.17) is 22.3 Å². The average Bonchev–Trinajstić information content (AvgIpc) is 3.54. The van der Waals surface area contributed by atoms with Gasteiger partial charge in [-0.3, -0.25) is 0 Å². The third-order valence-electron chi connectivity index (χ3n) is 6.83. The Labute approximate surface area is 224 Å². The number of H-pyrrole nitrogens is 1. The van der Waals surface area contributed by atoms with Gasteiger partial charge in [0, 0.05) is 27.8 Å². The zero-order valence-corrected chi connectivity index (χ0v) is 22.3. The zero-order valence-electron chi connectivity index (χ0n) is 20.7. The highest BCUT2D eigenvalue weighted by Gasteiger charge is 2.34. The number of hydrogen-bond donors (Lipinski definition) is 2. The Morgan fingerprint density at radius 2 is 1.76 bits per heavy atom. The third-order valence-corrected chi connectivity index (χ3v) is 9.24. The number of nitrogens with two attached hydrogens (primary N) is 1. The summed E-state index contributed by atoms with van der Waals surface area (Å²) in [5.74, 6) is 0.382. The van der Waals surface area contributed by atoms with Gasteiger partial charge in [0.1, 0.15) is 17.2 Å². The topological polar surface area (TPSA) is 107 Å². The highest BCUT2D eigenvalue weighted by atomic mass is 35.5. The lowest BCUT2D eigenvalue weighted by Gasteiger charge is -2.14. The number of rotatable bonds is 6. The number of hydrogen-bond acceptors (Lipinski definition) is 5. The fourth-order valence-corrected chi connectivity index (χ4v) is 6.10. The molecule has 2 aromatic heterocycles. The number of nitrogen functional groups attached to an aromatic ring is 1. The Balaban J connectivity index is 1.71. The second-order valence-electron chi connectivity index (χ2n) is 9.81. The van der Waals surface area contributed by atoms with Crippen LogP contribution in [0.3, 0.4) is 0 Å². The van der Waals surface area contributed by atoms with E-state index in [1.165, 1.54) is 6.07 Å². The Bertz CT molecular complexity index is 1810. The number of aromatic nitrogens is 4. The molecule has 0 spiro atoms. The summed E-state index contributed by atoms with van der Waals surface area (Å²) in [5.41, 5.74) is 9.47. The molecule has 0 radical (unpaired) electrons. The summed E-state index contributed by atoms with van der Waals surface area (Å²) >= 11 is 6.15. The van der Waals surface area contributed by atoms with Gasteiger partial charge in [0.15, 0.2) is 15.8 Å². The third kappa shape index (κ3) is 4.06. The van der Waals surface area contributed by atoms with E-state index in [1.807, 2.05) is 12.1 Å². The summed E-state index contributed by atoms with van der Waals surface area (Å²) in [5, 5.41) is -0.0859. The normalized spacial score (nSPS) is 14.0. The maximum Gasteiger partial charge on any atom is 0.198 e. The summed E-state index contributed by atoms with van der Waals surface area (Å²) in [4.78, 5) is 12.3. The summed E-state index contributed by atoms with van der Waals surface area (Å²) in [7, 11) is -3.73. The van der Waals surface area contributed by atoms with Gasteiger partial charge >= 0.3 is 0 Å². The minimum atomic E-state index is -3.73. The summed E-state index contributed by atoms with van der Waals surface area (Å²) in [6, 6.07) is 17.4. The molecule has 0 aliphatic heterocycles. The molecular formula is C28H25ClFN5O2S.